The molecular formula is C22H23ClFN3O2. The van der Waals surface area contributed by atoms with Crippen molar-refractivity contribution in [1.29, 1.82) is 0 Å². The van der Waals surface area contributed by atoms with Gasteiger partial charge >= 0.3 is 0 Å². The van der Waals surface area contributed by atoms with Gasteiger partial charge in [-0.3, -0.25) is 24.8 Å². The summed E-state index contributed by atoms with van der Waals surface area (Å²) in [4.78, 5) is 31.6. The molecule has 0 radical (unpaired) electrons. The maximum absolute atomic E-state index is 13.7. The van der Waals surface area contributed by atoms with E-state index in [1.807, 2.05) is 24.3 Å². The van der Waals surface area contributed by atoms with Crippen LogP contribution in [0.2, 0.25) is 5.02 Å². The van der Waals surface area contributed by atoms with Gasteiger partial charge in [-0.15, -0.1) is 0 Å². The summed E-state index contributed by atoms with van der Waals surface area (Å²) in [7, 11) is 0. The summed E-state index contributed by atoms with van der Waals surface area (Å²) in [5.41, 5.74) is 0.849. The molecule has 7 heteroatoms. The zero-order chi connectivity index (χ0) is 20.4. The van der Waals surface area contributed by atoms with E-state index in [0.717, 1.165) is 37.2 Å². The minimum Gasteiger partial charge on any atom is -0.299 e. The quantitative estimate of drug-likeness (QED) is 0.777. The first-order valence-corrected chi connectivity index (χ1v) is 10.3. The maximum atomic E-state index is 13.7. The van der Waals surface area contributed by atoms with E-state index < -0.39 is 11.2 Å². The SMILES string of the molecule is O=C1CCC(c2ccccn2)(C2CCN(Cc3ccc(Cl)c(F)c3)CC2)C(=O)N1. The van der Waals surface area contributed by atoms with E-state index in [4.69, 9.17) is 11.6 Å². The first-order valence-electron chi connectivity index (χ1n) is 9.91. The molecule has 4 rings (SSSR count). The number of piperidine rings is 2. The fraction of sp³-hybridized carbons (Fsp3) is 0.409. The molecule has 2 aliphatic rings. The van der Waals surface area contributed by atoms with Crippen LogP contribution in [0.5, 0.6) is 0 Å². The molecule has 2 amide bonds. The van der Waals surface area contributed by atoms with Crippen molar-refractivity contribution in [2.24, 2.45) is 5.92 Å². The Kier molecular flexibility index (Phi) is 5.65. The van der Waals surface area contributed by atoms with Gasteiger partial charge in [-0.2, -0.15) is 0 Å². The Morgan fingerprint density at radius 1 is 1.21 bits per heavy atom. The van der Waals surface area contributed by atoms with Crippen LogP contribution in [0.4, 0.5) is 4.39 Å². The number of halogens is 2. The van der Waals surface area contributed by atoms with Crippen molar-refractivity contribution in [3.63, 3.8) is 0 Å². The van der Waals surface area contributed by atoms with Crippen LogP contribution in [-0.4, -0.2) is 34.8 Å². The number of pyridine rings is 1. The summed E-state index contributed by atoms with van der Waals surface area (Å²) in [5.74, 6) is -0.755. The fourth-order valence-corrected chi connectivity index (χ4v) is 4.79. The number of nitrogens with zero attached hydrogens (tertiary/aromatic N) is 2. The van der Waals surface area contributed by atoms with Crippen LogP contribution in [0.25, 0.3) is 0 Å². The zero-order valence-corrected chi connectivity index (χ0v) is 16.8. The number of rotatable bonds is 4. The molecule has 0 saturated carbocycles. The number of benzene rings is 1. The average molecular weight is 416 g/mol. The summed E-state index contributed by atoms with van der Waals surface area (Å²) in [5, 5.41) is 2.67. The Balaban J connectivity index is 1.50. The molecule has 1 N–H and O–H groups in total. The second kappa shape index (κ2) is 8.20. The van der Waals surface area contributed by atoms with Crippen molar-refractivity contribution in [3.8, 4) is 0 Å². The second-order valence-corrected chi connectivity index (χ2v) is 8.27. The van der Waals surface area contributed by atoms with Crippen LogP contribution in [0.1, 0.15) is 36.9 Å². The summed E-state index contributed by atoms with van der Waals surface area (Å²) in [6.45, 7) is 2.23. The smallest absolute Gasteiger partial charge is 0.239 e. The zero-order valence-electron chi connectivity index (χ0n) is 16.0. The molecule has 152 valence electrons. The first kappa shape index (κ1) is 20.0. The van der Waals surface area contributed by atoms with Gasteiger partial charge < -0.3 is 0 Å². The highest BCUT2D eigenvalue weighted by molar-refractivity contribution is 6.30. The van der Waals surface area contributed by atoms with Gasteiger partial charge in [0, 0.05) is 19.2 Å². The van der Waals surface area contributed by atoms with Crippen molar-refractivity contribution in [1.82, 2.24) is 15.2 Å². The Labute approximate surface area is 174 Å². The van der Waals surface area contributed by atoms with E-state index in [9.17, 15) is 14.0 Å². The molecule has 2 fully saturated rings. The summed E-state index contributed by atoms with van der Waals surface area (Å²) < 4.78 is 13.7. The van der Waals surface area contributed by atoms with E-state index in [-0.39, 0.29) is 22.8 Å². The highest BCUT2D eigenvalue weighted by Gasteiger charge is 2.51. The van der Waals surface area contributed by atoms with Gasteiger partial charge in [-0.1, -0.05) is 23.7 Å². The number of hydrogen-bond acceptors (Lipinski definition) is 4. The predicted octanol–water partition coefficient (Wildman–Crippen LogP) is 3.46. The molecule has 1 unspecified atom stereocenters. The van der Waals surface area contributed by atoms with Crippen molar-refractivity contribution in [3.05, 3.63) is 64.7 Å². The number of amides is 2. The first-order chi connectivity index (χ1) is 14.0. The molecule has 1 atom stereocenters. The number of aromatic nitrogens is 1. The standard InChI is InChI=1S/C22H23ClFN3O2/c23-17-5-4-15(13-18(17)24)14-27-11-7-16(8-12-27)22(19-3-1-2-10-25-19)9-6-20(28)26-21(22)29/h1-5,10,13,16H,6-9,11-12,14H2,(H,26,28,29). The lowest BCUT2D eigenvalue weighted by Gasteiger charge is -2.45. The van der Waals surface area contributed by atoms with E-state index in [1.165, 1.54) is 6.07 Å². The molecule has 0 bridgehead atoms. The van der Waals surface area contributed by atoms with Crippen LogP contribution in [-0.2, 0) is 21.5 Å². The van der Waals surface area contributed by atoms with Gasteiger partial charge in [-0.25, -0.2) is 4.39 Å². The molecule has 5 nitrogen and oxygen atoms in total. The van der Waals surface area contributed by atoms with Crippen LogP contribution in [0.15, 0.2) is 42.6 Å². The molecule has 2 aromatic rings. The van der Waals surface area contributed by atoms with Crippen LogP contribution in [0.3, 0.4) is 0 Å². The Morgan fingerprint density at radius 3 is 2.66 bits per heavy atom. The summed E-state index contributed by atoms with van der Waals surface area (Å²) in [6.07, 6.45) is 4.14. The maximum Gasteiger partial charge on any atom is 0.239 e. The third-order valence-electron chi connectivity index (χ3n) is 6.20. The largest absolute Gasteiger partial charge is 0.299 e. The molecule has 0 aliphatic carbocycles. The van der Waals surface area contributed by atoms with Crippen molar-refractivity contribution < 1.29 is 14.0 Å². The molecular weight excluding hydrogens is 393 g/mol. The van der Waals surface area contributed by atoms with Crippen molar-refractivity contribution >= 4 is 23.4 Å². The Hall–Kier alpha value is -2.31. The third-order valence-corrected chi connectivity index (χ3v) is 6.51. The van der Waals surface area contributed by atoms with Gasteiger partial charge in [0.1, 0.15) is 5.82 Å². The molecule has 2 aliphatic heterocycles. The molecule has 29 heavy (non-hydrogen) atoms. The lowest BCUT2D eigenvalue weighted by atomic mass is 9.64. The number of carbonyl (C=O) groups excluding carboxylic acids is 2. The third kappa shape index (κ3) is 3.91. The predicted molar refractivity (Wildman–Crippen MR) is 108 cm³/mol. The van der Waals surface area contributed by atoms with Crippen LogP contribution in [0, 0.1) is 11.7 Å². The lowest BCUT2D eigenvalue weighted by molar-refractivity contribution is -0.140. The number of carbonyl (C=O) groups is 2. The van der Waals surface area contributed by atoms with Gasteiger partial charge in [0.15, 0.2) is 0 Å². The molecule has 3 heterocycles. The van der Waals surface area contributed by atoms with Crippen LogP contribution >= 0.6 is 11.6 Å². The van der Waals surface area contributed by atoms with Gasteiger partial charge in [0.05, 0.1) is 16.1 Å². The summed E-state index contributed by atoms with van der Waals surface area (Å²) in [6, 6.07) is 10.5. The molecule has 1 aromatic carbocycles. The minimum absolute atomic E-state index is 0.101. The number of imide groups is 1. The van der Waals surface area contributed by atoms with Gasteiger partial charge in [0.2, 0.25) is 11.8 Å². The number of hydrogen-bond donors (Lipinski definition) is 1. The second-order valence-electron chi connectivity index (χ2n) is 7.86. The average Bonchev–Trinajstić information content (AvgIpc) is 2.73. The summed E-state index contributed by atoms with van der Waals surface area (Å²) >= 11 is 5.77. The molecule has 2 saturated heterocycles. The number of likely N-dealkylation sites (tertiary alicyclic amines) is 1. The Morgan fingerprint density at radius 2 is 2.00 bits per heavy atom. The highest BCUT2D eigenvalue weighted by atomic mass is 35.5. The topological polar surface area (TPSA) is 62.3 Å². The van der Waals surface area contributed by atoms with Crippen LogP contribution < -0.4 is 5.32 Å². The van der Waals surface area contributed by atoms with E-state index in [0.29, 0.717) is 19.4 Å². The monoisotopic (exact) mass is 415 g/mol. The number of nitrogens with one attached hydrogen (secondary N) is 1. The van der Waals surface area contributed by atoms with Gasteiger partial charge in [0.25, 0.3) is 0 Å². The molecule has 0 spiro atoms. The normalized spacial score (nSPS) is 23.8. The van der Waals surface area contributed by atoms with E-state index in [2.05, 4.69) is 15.2 Å². The van der Waals surface area contributed by atoms with Crippen molar-refractivity contribution in [2.45, 2.75) is 37.6 Å². The minimum atomic E-state index is -0.770. The van der Waals surface area contributed by atoms with E-state index >= 15 is 0 Å². The Bertz CT molecular complexity index is 916. The molecule has 1 aromatic heterocycles. The van der Waals surface area contributed by atoms with E-state index in [1.54, 1.807) is 12.3 Å². The fourth-order valence-electron chi connectivity index (χ4n) is 4.67. The van der Waals surface area contributed by atoms with Gasteiger partial charge in [-0.05, 0) is 68.1 Å². The lowest BCUT2D eigenvalue weighted by Crippen LogP contribution is -2.57. The van der Waals surface area contributed by atoms with Crippen molar-refractivity contribution in [2.75, 3.05) is 13.1 Å². The highest BCUT2D eigenvalue weighted by Crippen LogP contribution is 2.43.